The number of piperazine rings is 1. The molecule has 0 spiro atoms. The number of nitrogens with one attached hydrogen (secondary N) is 2. The quantitative estimate of drug-likeness (QED) is 0.512. The van der Waals surface area contributed by atoms with Gasteiger partial charge in [-0.25, -0.2) is 0 Å². The van der Waals surface area contributed by atoms with E-state index in [1.54, 1.807) is 24.5 Å². The number of carbonyl (C=O) groups excluding carboxylic acids is 2. The van der Waals surface area contributed by atoms with Gasteiger partial charge in [-0.1, -0.05) is 42.5 Å². The van der Waals surface area contributed by atoms with Gasteiger partial charge in [-0.15, -0.1) is 0 Å². The van der Waals surface area contributed by atoms with Gasteiger partial charge in [0.25, 0.3) is 5.91 Å². The molecule has 3 aromatic rings. The zero-order valence-electron chi connectivity index (χ0n) is 18.3. The van der Waals surface area contributed by atoms with Gasteiger partial charge in [0.1, 0.15) is 0 Å². The van der Waals surface area contributed by atoms with E-state index >= 15 is 0 Å². The predicted molar refractivity (Wildman–Crippen MR) is 126 cm³/mol. The van der Waals surface area contributed by atoms with Crippen molar-refractivity contribution in [3.8, 4) is 0 Å². The zero-order valence-corrected chi connectivity index (χ0v) is 18.3. The van der Waals surface area contributed by atoms with Crippen molar-refractivity contribution >= 4 is 22.6 Å². The van der Waals surface area contributed by atoms with Crippen molar-refractivity contribution in [2.45, 2.75) is 31.7 Å². The Bertz CT molecular complexity index is 1050. The van der Waals surface area contributed by atoms with Crippen molar-refractivity contribution in [2.75, 3.05) is 26.2 Å². The first-order chi connectivity index (χ1) is 15.7. The third kappa shape index (κ3) is 5.71. The maximum atomic E-state index is 12.9. The number of unbranched alkanes of at least 4 members (excludes halogenated alkanes) is 1. The summed E-state index contributed by atoms with van der Waals surface area (Å²) in [6.07, 6.45) is 6.59. The van der Waals surface area contributed by atoms with Crippen LogP contribution in [0, 0.1) is 0 Å². The Morgan fingerprint density at radius 1 is 1.09 bits per heavy atom. The Balaban J connectivity index is 1.19. The monoisotopic (exact) mass is 430 g/mol. The molecular weight excluding hydrogens is 400 g/mol. The minimum atomic E-state index is -0.130. The molecule has 1 saturated heterocycles. The van der Waals surface area contributed by atoms with Crippen molar-refractivity contribution in [1.29, 1.82) is 0 Å². The van der Waals surface area contributed by atoms with Crippen molar-refractivity contribution in [1.82, 2.24) is 20.5 Å². The Labute approximate surface area is 189 Å². The molecule has 1 aliphatic heterocycles. The highest BCUT2D eigenvalue weighted by Gasteiger charge is 2.27. The van der Waals surface area contributed by atoms with E-state index in [4.69, 9.17) is 0 Å². The molecule has 0 unspecified atom stereocenters. The average molecular weight is 431 g/mol. The topological polar surface area (TPSA) is 74.3 Å². The molecule has 2 aromatic carbocycles. The Morgan fingerprint density at radius 2 is 1.97 bits per heavy atom. The second-order valence-corrected chi connectivity index (χ2v) is 8.26. The van der Waals surface area contributed by atoms with Crippen LogP contribution < -0.4 is 10.6 Å². The molecule has 0 aliphatic carbocycles. The SMILES string of the molecule is O=C(NCCCC[C@@H]1NCCN(CCc2ccc3ccccc3c2)C1=O)c1cccnc1. The van der Waals surface area contributed by atoms with Crippen molar-refractivity contribution in [2.24, 2.45) is 0 Å². The minimum Gasteiger partial charge on any atom is -0.352 e. The van der Waals surface area contributed by atoms with Crippen LogP contribution in [-0.4, -0.2) is 53.9 Å². The average Bonchev–Trinajstić information content (AvgIpc) is 2.84. The lowest BCUT2D eigenvalue weighted by molar-refractivity contribution is -0.135. The maximum absolute atomic E-state index is 12.9. The van der Waals surface area contributed by atoms with Crippen LogP contribution in [0.4, 0.5) is 0 Å². The molecule has 32 heavy (non-hydrogen) atoms. The summed E-state index contributed by atoms with van der Waals surface area (Å²) in [5.74, 6) is 0.0845. The summed E-state index contributed by atoms with van der Waals surface area (Å²) in [6.45, 7) is 2.92. The van der Waals surface area contributed by atoms with Gasteiger partial charge in [0.05, 0.1) is 11.6 Å². The molecule has 2 N–H and O–H groups in total. The van der Waals surface area contributed by atoms with E-state index in [9.17, 15) is 9.59 Å². The fourth-order valence-electron chi connectivity index (χ4n) is 4.17. The van der Waals surface area contributed by atoms with Crippen LogP contribution in [-0.2, 0) is 11.2 Å². The summed E-state index contributed by atoms with van der Waals surface area (Å²) < 4.78 is 0. The van der Waals surface area contributed by atoms with E-state index in [0.717, 1.165) is 45.3 Å². The zero-order chi connectivity index (χ0) is 22.2. The summed E-state index contributed by atoms with van der Waals surface area (Å²) >= 11 is 0. The largest absolute Gasteiger partial charge is 0.352 e. The molecule has 2 heterocycles. The Kier molecular flexibility index (Phi) is 7.46. The van der Waals surface area contributed by atoms with Gasteiger partial charge in [0, 0.05) is 38.6 Å². The lowest BCUT2D eigenvalue weighted by Gasteiger charge is -2.33. The summed E-state index contributed by atoms with van der Waals surface area (Å²) in [5.41, 5.74) is 1.83. The number of benzene rings is 2. The van der Waals surface area contributed by atoms with Gasteiger partial charge in [-0.05, 0) is 54.2 Å². The van der Waals surface area contributed by atoms with Crippen LogP contribution in [0.1, 0.15) is 35.2 Å². The van der Waals surface area contributed by atoms with E-state index < -0.39 is 0 Å². The van der Waals surface area contributed by atoms with E-state index in [2.05, 4.69) is 58.1 Å². The summed E-state index contributed by atoms with van der Waals surface area (Å²) in [6, 6.07) is 18.3. The van der Waals surface area contributed by atoms with Gasteiger partial charge >= 0.3 is 0 Å². The van der Waals surface area contributed by atoms with Crippen LogP contribution in [0.5, 0.6) is 0 Å². The van der Waals surface area contributed by atoms with Crippen molar-refractivity contribution in [3.63, 3.8) is 0 Å². The third-order valence-electron chi connectivity index (χ3n) is 6.00. The molecular formula is C26H30N4O2. The first kappa shape index (κ1) is 22.0. The summed E-state index contributed by atoms with van der Waals surface area (Å²) in [7, 11) is 0. The Morgan fingerprint density at radius 3 is 2.81 bits per heavy atom. The van der Waals surface area contributed by atoms with Crippen molar-refractivity contribution in [3.05, 3.63) is 78.1 Å². The molecule has 4 rings (SSSR count). The smallest absolute Gasteiger partial charge is 0.252 e. The summed E-state index contributed by atoms with van der Waals surface area (Å²) in [4.78, 5) is 30.9. The van der Waals surface area contributed by atoms with Gasteiger partial charge in [-0.3, -0.25) is 14.6 Å². The lowest BCUT2D eigenvalue weighted by atomic mass is 10.0. The van der Waals surface area contributed by atoms with E-state index in [0.29, 0.717) is 12.1 Å². The molecule has 1 aliphatic rings. The molecule has 6 nitrogen and oxygen atoms in total. The van der Waals surface area contributed by atoms with Gasteiger partial charge in [0.15, 0.2) is 0 Å². The maximum Gasteiger partial charge on any atom is 0.252 e. The van der Waals surface area contributed by atoms with Crippen molar-refractivity contribution < 1.29 is 9.59 Å². The molecule has 0 saturated carbocycles. The van der Waals surface area contributed by atoms with Gasteiger partial charge < -0.3 is 15.5 Å². The number of fused-ring (bicyclic) bond motifs is 1. The fourth-order valence-corrected chi connectivity index (χ4v) is 4.17. The number of rotatable bonds is 9. The highest BCUT2D eigenvalue weighted by molar-refractivity contribution is 5.93. The number of pyridine rings is 1. The number of carbonyl (C=O) groups is 2. The van der Waals surface area contributed by atoms with Crippen LogP contribution in [0.3, 0.4) is 0 Å². The second kappa shape index (κ2) is 10.9. The van der Waals surface area contributed by atoms with Crippen LogP contribution in [0.15, 0.2) is 67.0 Å². The number of aromatic nitrogens is 1. The third-order valence-corrected chi connectivity index (χ3v) is 6.00. The normalized spacial score (nSPS) is 16.3. The fraction of sp³-hybridized carbons (Fsp3) is 0.346. The first-order valence-corrected chi connectivity index (χ1v) is 11.4. The minimum absolute atomic E-state index is 0.107. The molecule has 166 valence electrons. The highest BCUT2D eigenvalue weighted by Crippen LogP contribution is 2.17. The molecule has 1 atom stereocenters. The molecule has 2 amide bonds. The van der Waals surface area contributed by atoms with Crippen LogP contribution in [0.2, 0.25) is 0 Å². The number of hydrogen-bond acceptors (Lipinski definition) is 4. The van der Waals surface area contributed by atoms with E-state index in [1.165, 1.54) is 16.3 Å². The molecule has 1 fully saturated rings. The Hall–Kier alpha value is -3.25. The highest BCUT2D eigenvalue weighted by atomic mass is 16.2. The van der Waals surface area contributed by atoms with E-state index in [-0.39, 0.29) is 17.9 Å². The molecule has 0 radical (unpaired) electrons. The van der Waals surface area contributed by atoms with Gasteiger partial charge in [-0.2, -0.15) is 0 Å². The number of hydrogen-bond donors (Lipinski definition) is 2. The number of nitrogens with zero attached hydrogens (tertiary/aromatic N) is 2. The van der Waals surface area contributed by atoms with Gasteiger partial charge in [0.2, 0.25) is 5.91 Å². The second-order valence-electron chi connectivity index (χ2n) is 8.26. The number of amides is 2. The lowest BCUT2D eigenvalue weighted by Crippen LogP contribution is -2.55. The van der Waals surface area contributed by atoms with Crippen LogP contribution in [0.25, 0.3) is 10.8 Å². The molecule has 1 aromatic heterocycles. The molecule has 6 heteroatoms. The van der Waals surface area contributed by atoms with Crippen LogP contribution >= 0.6 is 0 Å². The standard InChI is InChI=1S/C26H30N4O2/c31-25(23-8-5-13-27-19-23)29-14-4-3-9-24-26(32)30(17-15-28-24)16-12-20-10-11-21-6-1-2-7-22(21)18-20/h1-2,5-8,10-11,13,18-19,24,28H,3-4,9,12,14-17H2,(H,29,31)/t24-/m0/s1. The van der Waals surface area contributed by atoms with E-state index in [1.807, 2.05) is 4.90 Å². The summed E-state index contributed by atoms with van der Waals surface area (Å²) in [5, 5.41) is 8.76. The predicted octanol–water partition coefficient (Wildman–Crippen LogP) is 3.18. The molecule has 0 bridgehead atoms. The first-order valence-electron chi connectivity index (χ1n) is 11.4.